The molecule has 0 fully saturated rings. The molecule has 0 saturated heterocycles. The molecular formula is C19H19N3O3S. The van der Waals surface area contributed by atoms with Crippen LogP contribution >= 0.6 is 11.8 Å². The van der Waals surface area contributed by atoms with Gasteiger partial charge in [-0.25, -0.2) is 0 Å². The van der Waals surface area contributed by atoms with Gasteiger partial charge in [0.1, 0.15) is 5.75 Å². The van der Waals surface area contributed by atoms with Crippen molar-refractivity contribution in [3.8, 4) is 17.2 Å². The zero-order valence-electron chi connectivity index (χ0n) is 14.6. The van der Waals surface area contributed by atoms with E-state index in [2.05, 4.69) is 15.5 Å². The van der Waals surface area contributed by atoms with Crippen molar-refractivity contribution < 1.29 is 13.9 Å². The van der Waals surface area contributed by atoms with Crippen LogP contribution in [-0.2, 0) is 4.79 Å². The maximum Gasteiger partial charge on any atom is 0.276 e. The Morgan fingerprint density at radius 1 is 1.12 bits per heavy atom. The molecule has 0 spiro atoms. The van der Waals surface area contributed by atoms with Crippen molar-refractivity contribution >= 4 is 23.4 Å². The molecule has 2 aromatic carbocycles. The number of nitrogens with zero attached hydrogens (tertiary/aromatic N) is 2. The van der Waals surface area contributed by atoms with E-state index in [1.807, 2.05) is 55.5 Å². The SMILES string of the molecule is COc1ccc(-c2nnc(SCCC(=O)Nc3ccc(C)cc3)o2)cc1. The number of rotatable bonds is 7. The Hall–Kier alpha value is -2.80. The normalized spacial score (nSPS) is 10.5. The summed E-state index contributed by atoms with van der Waals surface area (Å²) in [7, 11) is 1.62. The first kappa shape index (κ1) is 18.0. The number of amides is 1. The molecule has 0 aliphatic heterocycles. The Labute approximate surface area is 156 Å². The Balaban J connectivity index is 1.48. The summed E-state index contributed by atoms with van der Waals surface area (Å²) < 4.78 is 10.8. The molecule has 134 valence electrons. The van der Waals surface area contributed by atoms with Crippen molar-refractivity contribution in [3.63, 3.8) is 0 Å². The number of thioether (sulfide) groups is 1. The number of benzene rings is 2. The van der Waals surface area contributed by atoms with E-state index in [0.29, 0.717) is 23.3 Å². The number of carbonyl (C=O) groups is 1. The molecule has 0 saturated carbocycles. The smallest absolute Gasteiger partial charge is 0.276 e. The van der Waals surface area contributed by atoms with E-state index in [1.54, 1.807) is 7.11 Å². The Kier molecular flexibility index (Phi) is 5.91. The molecule has 1 amide bonds. The lowest BCUT2D eigenvalue weighted by Crippen LogP contribution is -2.12. The van der Waals surface area contributed by atoms with Gasteiger partial charge in [-0.2, -0.15) is 0 Å². The minimum atomic E-state index is -0.0451. The molecule has 1 heterocycles. The number of aromatic nitrogens is 2. The molecule has 0 radical (unpaired) electrons. The van der Waals surface area contributed by atoms with Gasteiger partial charge in [-0.15, -0.1) is 10.2 Å². The maximum absolute atomic E-state index is 12.0. The second kappa shape index (κ2) is 8.53. The second-order valence-corrected chi connectivity index (χ2v) is 6.66. The predicted octanol–water partition coefficient (Wildman–Crippen LogP) is 4.17. The van der Waals surface area contributed by atoms with Crippen molar-refractivity contribution in [3.05, 3.63) is 54.1 Å². The molecule has 0 aliphatic carbocycles. The van der Waals surface area contributed by atoms with Gasteiger partial charge in [0.2, 0.25) is 11.8 Å². The quantitative estimate of drug-likeness (QED) is 0.630. The van der Waals surface area contributed by atoms with Crippen LogP contribution in [0.15, 0.2) is 58.2 Å². The van der Waals surface area contributed by atoms with E-state index in [-0.39, 0.29) is 5.91 Å². The van der Waals surface area contributed by atoms with Gasteiger partial charge in [0, 0.05) is 23.4 Å². The van der Waals surface area contributed by atoms with E-state index in [4.69, 9.17) is 9.15 Å². The van der Waals surface area contributed by atoms with E-state index in [9.17, 15) is 4.79 Å². The molecule has 3 rings (SSSR count). The molecule has 0 atom stereocenters. The monoisotopic (exact) mass is 369 g/mol. The Bertz CT molecular complexity index is 860. The number of hydrogen-bond donors (Lipinski definition) is 1. The molecule has 1 aromatic heterocycles. The standard InChI is InChI=1S/C19H19N3O3S/c1-13-3-7-15(8-4-13)20-17(23)11-12-26-19-22-21-18(25-19)14-5-9-16(24-2)10-6-14/h3-10H,11-12H2,1-2H3,(H,20,23). The van der Waals surface area contributed by atoms with Gasteiger partial charge in [-0.3, -0.25) is 4.79 Å². The fourth-order valence-electron chi connectivity index (χ4n) is 2.21. The summed E-state index contributed by atoms with van der Waals surface area (Å²) in [4.78, 5) is 12.0. The van der Waals surface area contributed by atoms with Crippen molar-refractivity contribution in [2.45, 2.75) is 18.6 Å². The molecule has 3 aromatic rings. The van der Waals surface area contributed by atoms with E-state index in [0.717, 1.165) is 22.6 Å². The predicted molar refractivity (Wildman–Crippen MR) is 101 cm³/mol. The van der Waals surface area contributed by atoms with Crippen LogP contribution in [0, 0.1) is 6.92 Å². The minimum Gasteiger partial charge on any atom is -0.497 e. The summed E-state index contributed by atoms with van der Waals surface area (Å²) in [6.45, 7) is 2.01. The van der Waals surface area contributed by atoms with Crippen LogP contribution in [0.1, 0.15) is 12.0 Å². The summed E-state index contributed by atoms with van der Waals surface area (Å²) in [6.07, 6.45) is 0.360. The van der Waals surface area contributed by atoms with Gasteiger partial charge in [-0.05, 0) is 43.3 Å². The maximum atomic E-state index is 12.0. The van der Waals surface area contributed by atoms with Crippen molar-refractivity contribution in [2.24, 2.45) is 0 Å². The number of aryl methyl sites for hydroxylation is 1. The highest BCUT2D eigenvalue weighted by Crippen LogP contribution is 2.25. The van der Waals surface area contributed by atoms with Gasteiger partial charge in [0.25, 0.3) is 5.22 Å². The summed E-state index contributed by atoms with van der Waals surface area (Å²) >= 11 is 1.36. The Morgan fingerprint density at radius 3 is 2.54 bits per heavy atom. The largest absolute Gasteiger partial charge is 0.497 e. The minimum absolute atomic E-state index is 0.0451. The van der Waals surface area contributed by atoms with Crippen LogP contribution in [0.25, 0.3) is 11.5 Å². The van der Waals surface area contributed by atoms with E-state index < -0.39 is 0 Å². The lowest BCUT2D eigenvalue weighted by Gasteiger charge is -2.04. The van der Waals surface area contributed by atoms with Crippen LogP contribution in [-0.4, -0.2) is 29.0 Å². The van der Waals surface area contributed by atoms with Crippen molar-refractivity contribution in [1.29, 1.82) is 0 Å². The molecular weight excluding hydrogens is 350 g/mol. The highest BCUT2D eigenvalue weighted by atomic mass is 32.2. The summed E-state index contributed by atoms with van der Waals surface area (Å²) in [5, 5.41) is 11.4. The van der Waals surface area contributed by atoms with E-state index in [1.165, 1.54) is 11.8 Å². The summed E-state index contributed by atoms with van der Waals surface area (Å²) in [5.41, 5.74) is 2.77. The number of anilines is 1. The first-order chi connectivity index (χ1) is 12.6. The topological polar surface area (TPSA) is 77.2 Å². The zero-order chi connectivity index (χ0) is 18.4. The van der Waals surface area contributed by atoms with Crippen LogP contribution in [0.4, 0.5) is 5.69 Å². The lowest BCUT2D eigenvalue weighted by atomic mass is 10.2. The number of carbonyl (C=O) groups excluding carboxylic acids is 1. The molecule has 6 nitrogen and oxygen atoms in total. The van der Waals surface area contributed by atoms with Crippen LogP contribution < -0.4 is 10.1 Å². The first-order valence-electron chi connectivity index (χ1n) is 8.11. The highest BCUT2D eigenvalue weighted by Gasteiger charge is 2.10. The summed E-state index contributed by atoms with van der Waals surface area (Å²) in [6, 6.07) is 15.1. The number of methoxy groups -OCH3 is 1. The van der Waals surface area contributed by atoms with Crippen LogP contribution in [0.5, 0.6) is 5.75 Å². The highest BCUT2D eigenvalue weighted by molar-refractivity contribution is 7.99. The second-order valence-electron chi connectivity index (χ2n) is 5.61. The summed E-state index contributed by atoms with van der Waals surface area (Å²) in [5.74, 6) is 1.72. The fourth-order valence-corrected chi connectivity index (χ4v) is 2.91. The third-order valence-corrected chi connectivity index (χ3v) is 4.45. The van der Waals surface area contributed by atoms with Crippen molar-refractivity contribution in [2.75, 3.05) is 18.2 Å². The number of ether oxygens (including phenoxy) is 1. The lowest BCUT2D eigenvalue weighted by molar-refractivity contribution is -0.115. The molecule has 0 aliphatic rings. The molecule has 26 heavy (non-hydrogen) atoms. The zero-order valence-corrected chi connectivity index (χ0v) is 15.4. The van der Waals surface area contributed by atoms with Crippen molar-refractivity contribution in [1.82, 2.24) is 10.2 Å². The van der Waals surface area contributed by atoms with E-state index >= 15 is 0 Å². The van der Waals surface area contributed by atoms with Crippen LogP contribution in [0.2, 0.25) is 0 Å². The van der Waals surface area contributed by atoms with Gasteiger partial charge in [-0.1, -0.05) is 29.5 Å². The van der Waals surface area contributed by atoms with Crippen LogP contribution in [0.3, 0.4) is 0 Å². The molecule has 7 heteroatoms. The third-order valence-electron chi connectivity index (χ3n) is 3.63. The van der Waals surface area contributed by atoms with Gasteiger partial charge in [0.05, 0.1) is 7.11 Å². The van der Waals surface area contributed by atoms with Gasteiger partial charge in [0.15, 0.2) is 0 Å². The number of hydrogen-bond acceptors (Lipinski definition) is 6. The first-order valence-corrected chi connectivity index (χ1v) is 9.10. The molecule has 1 N–H and O–H groups in total. The molecule has 0 unspecified atom stereocenters. The average Bonchev–Trinajstić information content (AvgIpc) is 3.12. The average molecular weight is 369 g/mol. The molecule has 0 bridgehead atoms. The Morgan fingerprint density at radius 2 is 1.85 bits per heavy atom. The third kappa shape index (κ3) is 4.86. The van der Waals surface area contributed by atoms with Gasteiger partial charge < -0.3 is 14.5 Å². The number of nitrogens with one attached hydrogen (secondary N) is 1. The fraction of sp³-hybridized carbons (Fsp3) is 0.211. The van der Waals surface area contributed by atoms with Gasteiger partial charge >= 0.3 is 0 Å².